The zero-order valence-corrected chi connectivity index (χ0v) is 18.3. The van der Waals surface area contributed by atoms with Gasteiger partial charge in [0.2, 0.25) is 5.91 Å². The van der Waals surface area contributed by atoms with Crippen molar-refractivity contribution in [2.75, 3.05) is 11.4 Å². The van der Waals surface area contributed by atoms with Crippen LogP contribution in [0, 0.1) is 6.92 Å². The summed E-state index contributed by atoms with van der Waals surface area (Å²) in [6, 6.07) is 6.46. The van der Waals surface area contributed by atoms with Gasteiger partial charge in [0, 0.05) is 24.0 Å². The van der Waals surface area contributed by atoms with Crippen molar-refractivity contribution < 1.29 is 24.2 Å². The average Bonchev–Trinajstić information content (AvgIpc) is 2.67. The number of nitrogens with zero attached hydrogens (tertiary/aromatic N) is 2. The molecule has 2 amide bonds. The number of alkyl carbamates (subject to hydrolysis) is 1. The molecular formula is C21H26N4O7. The van der Waals surface area contributed by atoms with Crippen molar-refractivity contribution >= 4 is 23.7 Å². The maximum absolute atomic E-state index is 13.0. The summed E-state index contributed by atoms with van der Waals surface area (Å²) < 4.78 is 6.19. The number of nitrogens with one attached hydrogen (secondary N) is 2. The van der Waals surface area contributed by atoms with E-state index in [0.29, 0.717) is 5.56 Å². The lowest BCUT2D eigenvalue weighted by Crippen LogP contribution is -2.42. The van der Waals surface area contributed by atoms with Crippen LogP contribution in [-0.4, -0.2) is 44.8 Å². The minimum absolute atomic E-state index is 0.0216. The molecule has 32 heavy (non-hydrogen) atoms. The molecule has 0 fully saturated rings. The third kappa shape index (κ3) is 6.83. The number of aliphatic carboxylic acids is 1. The summed E-state index contributed by atoms with van der Waals surface area (Å²) in [5.74, 6) is -1.95. The van der Waals surface area contributed by atoms with Crippen LogP contribution in [0.4, 0.5) is 10.5 Å². The quantitative estimate of drug-likeness (QED) is 0.574. The Hall–Kier alpha value is -3.89. The van der Waals surface area contributed by atoms with Crippen LogP contribution in [0.25, 0.3) is 0 Å². The van der Waals surface area contributed by atoms with E-state index in [1.165, 1.54) is 19.2 Å². The average molecular weight is 446 g/mol. The Morgan fingerprint density at radius 1 is 1.19 bits per heavy atom. The van der Waals surface area contributed by atoms with E-state index < -0.39 is 47.9 Å². The number of aryl methyl sites for hydroxylation is 1. The van der Waals surface area contributed by atoms with Crippen LogP contribution in [0.2, 0.25) is 0 Å². The molecule has 11 nitrogen and oxygen atoms in total. The monoisotopic (exact) mass is 446 g/mol. The lowest BCUT2D eigenvalue weighted by molar-refractivity contribution is -0.136. The first-order valence-electron chi connectivity index (χ1n) is 9.74. The lowest BCUT2D eigenvalue weighted by atomic mass is 10.1. The Morgan fingerprint density at radius 2 is 1.84 bits per heavy atom. The molecule has 1 aromatic carbocycles. The standard InChI is InChI=1S/C21H26N4O7/c1-13-10-24(19(30)23-18(13)29)11-16(26)25(12-17(27)28)15-8-6-5-7-14(15)9-22-20(31)32-21(2,3)4/h5-8,10H,9,11-12H2,1-4H3,(H,22,31)(H,27,28)(H,23,29,30). The number of hydrogen-bond donors (Lipinski definition) is 3. The number of carbonyl (C=O) groups is 3. The van der Waals surface area contributed by atoms with Gasteiger partial charge in [0.1, 0.15) is 18.7 Å². The van der Waals surface area contributed by atoms with E-state index in [2.05, 4.69) is 10.3 Å². The van der Waals surface area contributed by atoms with Crippen molar-refractivity contribution in [1.29, 1.82) is 0 Å². The molecule has 0 aliphatic rings. The molecule has 0 unspecified atom stereocenters. The third-order valence-corrected chi connectivity index (χ3v) is 4.19. The number of para-hydroxylation sites is 1. The van der Waals surface area contributed by atoms with Crippen LogP contribution >= 0.6 is 0 Å². The first-order valence-corrected chi connectivity index (χ1v) is 9.74. The van der Waals surface area contributed by atoms with Crippen molar-refractivity contribution in [2.45, 2.75) is 46.4 Å². The van der Waals surface area contributed by atoms with E-state index in [9.17, 15) is 29.1 Å². The number of hydrogen-bond acceptors (Lipinski definition) is 6. The fourth-order valence-electron chi connectivity index (χ4n) is 2.82. The van der Waals surface area contributed by atoms with Crippen molar-refractivity contribution in [3.8, 4) is 0 Å². The summed E-state index contributed by atoms with van der Waals surface area (Å²) in [6.07, 6.45) is 0.562. The predicted octanol–water partition coefficient (Wildman–Crippen LogP) is 0.988. The highest BCUT2D eigenvalue weighted by molar-refractivity contribution is 5.98. The molecule has 0 aliphatic carbocycles. The van der Waals surface area contributed by atoms with Crippen molar-refractivity contribution in [3.63, 3.8) is 0 Å². The number of H-pyrrole nitrogens is 1. The largest absolute Gasteiger partial charge is 0.480 e. The Bertz CT molecular complexity index is 1130. The second kappa shape index (κ2) is 9.94. The molecule has 2 aromatic rings. The van der Waals surface area contributed by atoms with Gasteiger partial charge in [-0.2, -0.15) is 0 Å². The van der Waals surface area contributed by atoms with E-state index in [0.717, 1.165) is 9.47 Å². The Morgan fingerprint density at radius 3 is 2.47 bits per heavy atom. The first-order chi connectivity index (χ1) is 14.9. The number of rotatable bonds is 7. The fourth-order valence-corrected chi connectivity index (χ4v) is 2.82. The highest BCUT2D eigenvalue weighted by Crippen LogP contribution is 2.21. The smallest absolute Gasteiger partial charge is 0.407 e. The van der Waals surface area contributed by atoms with E-state index in [-0.39, 0.29) is 17.8 Å². The number of aromatic amines is 1. The zero-order chi connectivity index (χ0) is 24.1. The molecule has 1 heterocycles. The molecular weight excluding hydrogens is 420 g/mol. The number of anilines is 1. The minimum atomic E-state index is -1.27. The normalized spacial score (nSPS) is 11.0. The van der Waals surface area contributed by atoms with Crippen LogP contribution < -0.4 is 21.5 Å². The van der Waals surface area contributed by atoms with Gasteiger partial charge in [-0.05, 0) is 39.3 Å². The highest BCUT2D eigenvalue weighted by Gasteiger charge is 2.23. The highest BCUT2D eigenvalue weighted by atomic mass is 16.6. The van der Waals surface area contributed by atoms with Gasteiger partial charge in [-0.25, -0.2) is 9.59 Å². The number of carbonyl (C=O) groups excluding carboxylic acids is 2. The van der Waals surface area contributed by atoms with Crippen LogP contribution in [0.3, 0.4) is 0 Å². The van der Waals surface area contributed by atoms with Gasteiger partial charge in [-0.15, -0.1) is 0 Å². The van der Waals surface area contributed by atoms with Crippen molar-refractivity contribution in [2.24, 2.45) is 0 Å². The van der Waals surface area contributed by atoms with Gasteiger partial charge in [-0.3, -0.25) is 28.8 Å². The molecule has 172 valence electrons. The summed E-state index contributed by atoms with van der Waals surface area (Å²) in [5, 5.41) is 11.9. The number of benzene rings is 1. The predicted molar refractivity (Wildman–Crippen MR) is 116 cm³/mol. The SMILES string of the molecule is Cc1cn(CC(=O)N(CC(=O)O)c2ccccc2CNC(=O)OC(C)(C)C)c(=O)[nH]c1=O. The fraction of sp³-hybridized carbons (Fsp3) is 0.381. The zero-order valence-electron chi connectivity index (χ0n) is 18.3. The van der Waals surface area contributed by atoms with Gasteiger partial charge in [-0.1, -0.05) is 18.2 Å². The van der Waals surface area contributed by atoms with Gasteiger partial charge in [0.15, 0.2) is 0 Å². The third-order valence-electron chi connectivity index (χ3n) is 4.19. The molecule has 0 spiro atoms. The summed E-state index contributed by atoms with van der Waals surface area (Å²) >= 11 is 0. The number of ether oxygens (including phenoxy) is 1. The molecule has 0 aliphatic heterocycles. The number of carboxylic acids is 1. The molecule has 0 radical (unpaired) electrons. The first kappa shape index (κ1) is 24.4. The maximum Gasteiger partial charge on any atom is 0.407 e. The molecule has 0 atom stereocenters. The van der Waals surface area contributed by atoms with Crippen LogP contribution in [0.15, 0.2) is 40.1 Å². The van der Waals surface area contributed by atoms with Crippen LogP contribution in [-0.2, 0) is 27.4 Å². The summed E-state index contributed by atoms with van der Waals surface area (Å²) in [6.45, 7) is 5.45. The van der Waals surface area contributed by atoms with Gasteiger partial charge < -0.3 is 15.2 Å². The molecule has 11 heteroatoms. The number of amides is 2. The van der Waals surface area contributed by atoms with Crippen molar-refractivity contribution in [1.82, 2.24) is 14.9 Å². The summed E-state index contributed by atoms with van der Waals surface area (Å²) in [7, 11) is 0. The lowest BCUT2D eigenvalue weighted by Gasteiger charge is -2.25. The van der Waals surface area contributed by atoms with E-state index in [4.69, 9.17) is 4.74 Å². The molecule has 2 rings (SSSR count). The van der Waals surface area contributed by atoms with Gasteiger partial charge in [0.25, 0.3) is 5.56 Å². The Kier molecular flexibility index (Phi) is 7.58. The van der Waals surface area contributed by atoms with Gasteiger partial charge in [0.05, 0.1) is 0 Å². The number of carboxylic acid groups (broad SMARTS) is 1. The van der Waals surface area contributed by atoms with Crippen molar-refractivity contribution in [3.05, 3.63) is 62.4 Å². The molecule has 0 bridgehead atoms. The maximum atomic E-state index is 13.0. The summed E-state index contributed by atoms with van der Waals surface area (Å²) in [5.41, 5.74) is -1.10. The molecule has 0 saturated carbocycles. The second-order valence-electron chi connectivity index (χ2n) is 8.06. The second-order valence-corrected chi connectivity index (χ2v) is 8.06. The van der Waals surface area contributed by atoms with Gasteiger partial charge >= 0.3 is 17.8 Å². The van der Waals surface area contributed by atoms with E-state index >= 15 is 0 Å². The Balaban J connectivity index is 2.31. The molecule has 1 aromatic heterocycles. The summed E-state index contributed by atoms with van der Waals surface area (Å²) in [4.78, 5) is 63.1. The van der Waals surface area contributed by atoms with E-state index in [1.807, 2.05) is 0 Å². The topological polar surface area (TPSA) is 151 Å². The van der Waals surface area contributed by atoms with Crippen LogP contribution in [0.1, 0.15) is 31.9 Å². The van der Waals surface area contributed by atoms with E-state index in [1.54, 1.807) is 39.0 Å². The van der Waals surface area contributed by atoms with Crippen LogP contribution in [0.5, 0.6) is 0 Å². The molecule has 0 saturated heterocycles. The Labute approximate surface area is 183 Å². The number of aromatic nitrogens is 2. The molecule has 3 N–H and O–H groups in total. The minimum Gasteiger partial charge on any atom is -0.480 e.